The van der Waals surface area contributed by atoms with Crippen molar-refractivity contribution < 1.29 is 14.0 Å². The van der Waals surface area contributed by atoms with Crippen LogP contribution in [0.2, 0.25) is 0 Å². The molecule has 4 nitrogen and oxygen atoms in total. The minimum absolute atomic E-state index is 0.225. The second-order valence-corrected chi connectivity index (χ2v) is 4.58. The Kier molecular flexibility index (Phi) is 4.33. The highest BCUT2D eigenvalue weighted by atomic mass is 19.1. The summed E-state index contributed by atoms with van der Waals surface area (Å²) in [6.45, 7) is 1.63. The lowest BCUT2D eigenvalue weighted by Gasteiger charge is -2.07. The SMILES string of the molecule is CNC(=O)c1cccc(NC(=O)c2ccc(C)c(F)c2)c1. The quantitative estimate of drug-likeness (QED) is 0.911. The minimum atomic E-state index is -0.429. The molecule has 0 bridgehead atoms. The molecule has 0 spiro atoms. The summed E-state index contributed by atoms with van der Waals surface area (Å²) in [5, 5.41) is 5.14. The summed E-state index contributed by atoms with van der Waals surface area (Å²) in [4.78, 5) is 23.6. The first-order valence-corrected chi connectivity index (χ1v) is 6.41. The number of hydrogen-bond acceptors (Lipinski definition) is 2. The van der Waals surface area contributed by atoms with Crippen molar-refractivity contribution >= 4 is 17.5 Å². The van der Waals surface area contributed by atoms with Crippen LogP contribution in [0.15, 0.2) is 42.5 Å². The summed E-state index contributed by atoms with van der Waals surface area (Å²) in [7, 11) is 1.53. The van der Waals surface area contributed by atoms with Crippen LogP contribution >= 0.6 is 0 Å². The number of rotatable bonds is 3. The van der Waals surface area contributed by atoms with Crippen molar-refractivity contribution in [1.82, 2.24) is 5.32 Å². The van der Waals surface area contributed by atoms with E-state index in [1.165, 1.54) is 13.1 Å². The van der Waals surface area contributed by atoms with Gasteiger partial charge in [-0.15, -0.1) is 0 Å². The number of amides is 2. The fourth-order valence-corrected chi connectivity index (χ4v) is 1.82. The first kappa shape index (κ1) is 14.7. The molecule has 108 valence electrons. The Morgan fingerprint density at radius 1 is 1.00 bits per heavy atom. The van der Waals surface area contributed by atoms with Crippen LogP contribution in [-0.2, 0) is 0 Å². The van der Waals surface area contributed by atoms with Gasteiger partial charge in [0.2, 0.25) is 0 Å². The van der Waals surface area contributed by atoms with E-state index in [0.29, 0.717) is 16.8 Å². The average molecular weight is 286 g/mol. The number of benzene rings is 2. The van der Waals surface area contributed by atoms with Crippen molar-refractivity contribution in [3.63, 3.8) is 0 Å². The molecule has 2 rings (SSSR count). The lowest BCUT2D eigenvalue weighted by atomic mass is 10.1. The first-order valence-electron chi connectivity index (χ1n) is 6.41. The van der Waals surface area contributed by atoms with Crippen LogP contribution in [0.3, 0.4) is 0 Å². The van der Waals surface area contributed by atoms with Gasteiger partial charge in [0.15, 0.2) is 0 Å². The zero-order valence-electron chi connectivity index (χ0n) is 11.7. The molecule has 0 aliphatic carbocycles. The van der Waals surface area contributed by atoms with E-state index in [2.05, 4.69) is 10.6 Å². The van der Waals surface area contributed by atoms with Gasteiger partial charge >= 0.3 is 0 Å². The maximum Gasteiger partial charge on any atom is 0.255 e. The molecule has 0 saturated carbocycles. The molecule has 0 radical (unpaired) electrons. The van der Waals surface area contributed by atoms with Gasteiger partial charge in [-0.05, 0) is 42.8 Å². The normalized spacial score (nSPS) is 10.0. The summed E-state index contributed by atoms with van der Waals surface area (Å²) >= 11 is 0. The Hall–Kier alpha value is -2.69. The van der Waals surface area contributed by atoms with Crippen molar-refractivity contribution in [2.45, 2.75) is 6.92 Å². The third-order valence-electron chi connectivity index (χ3n) is 3.04. The molecule has 5 heteroatoms. The maximum atomic E-state index is 13.5. The van der Waals surface area contributed by atoms with Gasteiger partial charge in [0.25, 0.3) is 11.8 Å². The van der Waals surface area contributed by atoms with E-state index in [9.17, 15) is 14.0 Å². The highest BCUT2D eigenvalue weighted by molar-refractivity contribution is 6.05. The Morgan fingerprint density at radius 2 is 1.71 bits per heavy atom. The summed E-state index contributed by atoms with van der Waals surface area (Å²) in [5.41, 5.74) is 1.61. The maximum absolute atomic E-state index is 13.5. The number of anilines is 1. The molecular formula is C16H15FN2O2. The van der Waals surface area contributed by atoms with Crippen molar-refractivity contribution in [3.8, 4) is 0 Å². The number of nitrogens with one attached hydrogen (secondary N) is 2. The number of carbonyl (C=O) groups excluding carboxylic acids is 2. The topological polar surface area (TPSA) is 58.2 Å². The molecule has 0 aromatic heterocycles. The third-order valence-corrected chi connectivity index (χ3v) is 3.04. The molecule has 2 aromatic carbocycles. The summed E-state index contributed by atoms with van der Waals surface area (Å²) in [6.07, 6.45) is 0. The molecular weight excluding hydrogens is 271 g/mol. The Morgan fingerprint density at radius 3 is 2.38 bits per heavy atom. The van der Waals surface area contributed by atoms with Gasteiger partial charge in [0.1, 0.15) is 5.82 Å². The molecule has 0 fully saturated rings. The van der Waals surface area contributed by atoms with Gasteiger partial charge in [-0.25, -0.2) is 4.39 Å². The third kappa shape index (κ3) is 3.45. The van der Waals surface area contributed by atoms with E-state index >= 15 is 0 Å². The van der Waals surface area contributed by atoms with Gasteiger partial charge in [-0.1, -0.05) is 12.1 Å². The molecule has 0 aliphatic rings. The zero-order chi connectivity index (χ0) is 15.4. The van der Waals surface area contributed by atoms with Crippen LogP contribution < -0.4 is 10.6 Å². The van der Waals surface area contributed by atoms with E-state index in [0.717, 1.165) is 0 Å². The van der Waals surface area contributed by atoms with Gasteiger partial charge in [-0.2, -0.15) is 0 Å². The predicted octanol–water partition coefficient (Wildman–Crippen LogP) is 2.75. The predicted molar refractivity (Wildman–Crippen MR) is 78.9 cm³/mol. The van der Waals surface area contributed by atoms with Gasteiger partial charge in [0, 0.05) is 23.9 Å². The highest BCUT2D eigenvalue weighted by Gasteiger charge is 2.10. The van der Waals surface area contributed by atoms with Crippen LogP contribution in [0, 0.1) is 12.7 Å². The van der Waals surface area contributed by atoms with Crippen LogP contribution in [0.1, 0.15) is 26.3 Å². The Balaban J connectivity index is 2.19. The Labute approximate surface area is 122 Å². The molecule has 0 unspecified atom stereocenters. The fraction of sp³-hybridized carbons (Fsp3) is 0.125. The lowest BCUT2D eigenvalue weighted by Crippen LogP contribution is -2.18. The highest BCUT2D eigenvalue weighted by Crippen LogP contribution is 2.14. The van der Waals surface area contributed by atoms with Crippen molar-refractivity contribution in [2.75, 3.05) is 12.4 Å². The van der Waals surface area contributed by atoms with Crippen LogP contribution in [0.25, 0.3) is 0 Å². The molecule has 0 saturated heterocycles. The summed E-state index contributed by atoms with van der Waals surface area (Å²) in [6, 6.07) is 10.8. The van der Waals surface area contributed by atoms with Gasteiger partial charge in [-0.3, -0.25) is 9.59 Å². The average Bonchev–Trinajstić information content (AvgIpc) is 2.49. The smallest absolute Gasteiger partial charge is 0.255 e. The second kappa shape index (κ2) is 6.17. The van der Waals surface area contributed by atoms with E-state index in [-0.39, 0.29) is 11.5 Å². The molecule has 21 heavy (non-hydrogen) atoms. The molecule has 0 aliphatic heterocycles. The van der Waals surface area contributed by atoms with Crippen molar-refractivity contribution in [2.24, 2.45) is 0 Å². The van der Waals surface area contributed by atoms with E-state index < -0.39 is 11.7 Å². The number of hydrogen-bond donors (Lipinski definition) is 2. The molecule has 2 N–H and O–H groups in total. The van der Waals surface area contributed by atoms with Crippen LogP contribution in [-0.4, -0.2) is 18.9 Å². The van der Waals surface area contributed by atoms with Gasteiger partial charge < -0.3 is 10.6 Å². The lowest BCUT2D eigenvalue weighted by molar-refractivity contribution is 0.0961. The fourth-order valence-electron chi connectivity index (χ4n) is 1.82. The van der Waals surface area contributed by atoms with Crippen LogP contribution in [0.4, 0.5) is 10.1 Å². The van der Waals surface area contributed by atoms with Gasteiger partial charge in [0.05, 0.1) is 0 Å². The molecule has 0 heterocycles. The summed E-state index contributed by atoms with van der Waals surface area (Å²) < 4.78 is 13.5. The molecule has 2 aromatic rings. The standard InChI is InChI=1S/C16H15FN2O2/c1-10-6-7-12(9-14(10)17)16(21)19-13-5-3-4-11(8-13)15(20)18-2/h3-9H,1-2H3,(H,18,20)(H,19,21). The van der Waals surface area contributed by atoms with Crippen molar-refractivity contribution in [1.29, 1.82) is 0 Å². The number of halogens is 1. The van der Waals surface area contributed by atoms with E-state index in [1.54, 1.807) is 43.3 Å². The monoisotopic (exact) mass is 286 g/mol. The second-order valence-electron chi connectivity index (χ2n) is 4.58. The Bertz CT molecular complexity index is 698. The van der Waals surface area contributed by atoms with E-state index in [4.69, 9.17) is 0 Å². The summed E-state index contributed by atoms with van der Waals surface area (Å²) in [5.74, 6) is -1.10. The van der Waals surface area contributed by atoms with E-state index in [1.807, 2.05) is 0 Å². The molecule has 2 amide bonds. The molecule has 0 atom stereocenters. The zero-order valence-corrected chi connectivity index (χ0v) is 11.7. The largest absolute Gasteiger partial charge is 0.355 e. The van der Waals surface area contributed by atoms with Crippen LogP contribution in [0.5, 0.6) is 0 Å². The first-order chi connectivity index (χ1) is 10.0. The number of aryl methyl sites for hydroxylation is 1. The van der Waals surface area contributed by atoms with Crippen molar-refractivity contribution in [3.05, 3.63) is 65.0 Å². The number of carbonyl (C=O) groups is 2. The minimum Gasteiger partial charge on any atom is -0.355 e.